The Bertz CT molecular complexity index is 837. The van der Waals surface area contributed by atoms with E-state index in [1.54, 1.807) is 67.6 Å². The Labute approximate surface area is 169 Å². The minimum atomic E-state index is -1.48. The van der Waals surface area contributed by atoms with Crippen molar-refractivity contribution >= 4 is 11.9 Å². The van der Waals surface area contributed by atoms with Gasteiger partial charge in [-0.05, 0) is 38.1 Å². The molecule has 154 valence electrons. The van der Waals surface area contributed by atoms with Crippen molar-refractivity contribution in [2.45, 2.75) is 44.1 Å². The van der Waals surface area contributed by atoms with Crippen LogP contribution in [0.3, 0.4) is 0 Å². The Balaban J connectivity index is 1.91. The fourth-order valence-corrected chi connectivity index (χ4v) is 3.35. The fourth-order valence-electron chi connectivity index (χ4n) is 3.35. The summed E-state index contributed by atoms with van der Waals surface area (Å²) in [5.74, 6) is -1.24. The molecule has 2 aromatic carbocycles. The number of carbonyl (C=O) groups is 2. The SMILES string of the molecule is CO[C@H]1O[C@H](C(C)O)[C@@H](OC(=O)c2ccccc2)[C@@]1(C)OC(=O)c1ccccc1. The number of aliphatic hydroxyl groups excluding tert-OH is 1. The van der Waals surface area contributed by atoms with Crippen LogP contribution in [0.4, 0.5) is 0 Å². The van der Waals surface area contributed by atoms with Crippen LogP contribution in [0.5, 0.6) is 0 Å². The molecule has 1 heterocycles. The van der Waals surface area contributed by atoms with Gasteiger partial charge < -0.3 is 24.1 Å². The molecule has 5 atom stereocenters. The second-order valence-corrected chi connectivity index (χ2v) is 7.04. The standard InChI is InChI=1S/C22H24O7/c1-14(23)17-18(28-19(24)15-10-6-4-7-11-15)22(2,21(26-3)27-17)29-20(25)16-12-8-5-9-13-16/h4-14,17-18,21,23H,1-3H3/t14?,17-,18-,21+,22-/m1/s1. The highest BCUT2D eigenvalue weighted by atomic mass is 16.7. The number of hydrogen-bond acceptors (Lipinski definition) is 7. The normalized spacial score (nSPS) is 27.2. The predicted octanol–water partition coefficient (Wildman–Crippen LogP) is 2.58. The molecule has 0 aromatic heterocycles. The number of esters is 2. The quantitative estimate of drug-likeness (QED) is 0.745. The van der Waals surface area contributed by atoms with Gasteiger partial charge in [-0.2, -0.15) is 0 Å². The third-order valence-corrected chi connectivity index (χ3v) is 4.87. The van der Waals surface area contributed by atoms with Crippen LogP contribution in [0.25, 0.3) is 0 Å². The molecule has 0 radical (unpaired) electrons. The number of rotatable bonds is 6. The molecule has 0 saturated carbocycles. The Morgan fingerprint density at radius 3 is 2.00 bits per heavy atom. The van der Waals surface area contributed by atoms with E-state index in [9.17, 15) is 14.7 Å². The molecule has 0 bridgehead atoms. The van der Waals surface area contributed by atoms with Gasteiger partial charge in [-0.15, -0.1) is 0 Å². The topological polar surface area (TPSA) is 91.3 Å². The third-order valence-electron chi connectivity index (χ3n) is 4.87. The highest BCUT2D eigenvalue weighted by molar-refractivity contribution is 5.90. The zero-order valence-corrected chi connectivity index (χ0v) is 16.5. The highest BCUT2D eigenvalue weighted by Gasteiger charge is 2.60. The van der Waals surface area contributed by atoms with Crippen molar-refractivity contribution in [1.82, 2.24) is 0 Å². The number of carbonyl (C=O) groups excluding carboxylic acids is 2. The molecule has 7 heteroatoms. The van der Waals surface area contributed by atoms with E-state index in [4.69, 9.17) is 18.9 Å². The van der Waals surface area contributed by atoms with Crippen LogP contribution in [0, 0.1) is 0 Å². The Morgan fingerprint density at radius 1 is 1.00 bits per heavy atom. The second-order valence-electron chi connectivity index (χ2n) is 7.04. The van der Waals surface area contributed by atoms with E-state index >= 15 is 0 Å². The summed E-state index contributed by atoms with van der Waals surface area (Å²) >= 11 is 0. The van der Waals surface area contributed by atoms with Gasteiger partial charge >= 0.3 is 11.9 Å². The molecule has 3 rings (SSSR count). The first-order chi connectivity index (χ1) is 13.9. The average molecular weight is 400 g/mol. The van der Waals surface area contributed by atoms with Gasteiger partial charge in [0.1, 0.15) is 6.10 Å². The van der Waals surface area contributed by atoms with Gasteiger partial charge in [-0.1, -0.05) is 36.4 Å². The lowest BCUT2D eigenvalue weighted by atomic mass is 9.94. The van der Waals surface area contributed by atoms with E-state index in [0.717, 1.165) is 0 Å². The number of benzene rings is 2. The smallest absolute Gasteiger partial charge is 0.338 e. The molecule has 1 aliphatic rings. The molecular formula is C22H24O7. The van der Waals surface area contributed by atoms with Crippen LogP contribution < -0.4 is 0 Å². The van der Waals surface area contributed by atoms with Crippen molar-refractivity contribution in [3.05, 3.63) is 71.8 Å². The van der Waals surface area contributed by atoms with E-state index < -0.39 is 42.1 Å². The average Bonchev–Trinajstić information content (AvgIpc) is 3.00. The maximum absolute atomic E-state index is 12.7. The van der Waals surface area contributed by atoms with Gasteiger partial charge in [0.25, 0.3) is 0 Å². The summed E-state index contributed by atoms with van der Waals surface area (Å²) in [6, 6.07) is 16.8. The van der Waals surface area contributed by atoms with Crippen LogP contribution in [-0.4, -0.2) is 54.4 Å². The molecule has 1 saturated heterocycles. The monoisotopic (exact) mass is 400 g/mol. The Hall–Kier alpha value is -2.74. The van der Waals surface area contributed by atoms with Crippen LogP contribution in [0.1, 0.15) is 34.6 Å². The van der Waals surface area contributed by atoms with Gasteiger partial charge in [0.15, 0.2) is 11.7 Å². The van der Waals surface area contributed by atoms with Crippen molar-refractivity contribution in [1.29, 1.82) is 0 Å². The highest BCUT2D eigenvalue weighted by Crippen LogP contribution is 2.39. The summed E-state index contributed by atoms with van der Waals surface area (Å²) in [6.07, 6.45) is -4.07. The molecule has 2 aromatic rings. The van der Waals surface area contributed by atoms with E-state index in [-0.39, 0.29) is 0 Å². The predicted molar refractivity (Wildman–Crippen MR) is 103 cm³/mol. The minimum Gasteiger partial charge on any atom is -0.451 e. The lowest BCUT2D eigenvalue weighted by molar-refractivity contribution is -0.191. The summed E-state index contributed by atoms with van der Waals surface area (Å²) in [5, 5.41) is 10.2. The van der Waals surface area contributed by atoms with E-state index in [0.29, 0.717) is 11.1 Å². The van der Waals surface area contributed by atoms with Crippen molar-refractivity contribution < 1.29 is 33.6 Å². The molecule has 1 N–H and O–H groups in total. The Kier molecular flexibility index (Phi) is 6.32. The number of ether oxygens (including phenoxy) is 4. The molecule has 0 spiro atoms. The summed E-state index contributed by atoms with van der Waals surface area (Å²) in [5.41, 5.74) is -0.819. The third kappa shape index (κ3) is 4.32. The minimum absolute atomic E-state index is 0.328. The van der Waals surface area contributed by atoms with Crippen molar-refractivity contribution in [2.75, 3.05) is 7.11 Å². The summed E-state index contributed by atoms with van der Waals surface area (Å²) in [4.78, 5) is 25.4. The van der Waals surface area contributed by atoms with Gasteiger partial charge in [0.2, 0.25) is 6.29 Å². The lowest BCUT2D eigenvalue weighted by Gasteiger charge is -2.33. The van der Waals surface area contributed by atoms with Crippen LogP contribution >= 0.6 is 0 Å². The van der Waals surface area contributed by atoms with E-state index in [2.05, 4.69) is 0 Å². The molecule has 1 aliphatic heterocycles. The number of aliphatic hydroxyl groups is 1. The Morgan fingerprint density at radius 2 is 1.52 bits per heavy atom. The summed E-state index contributed by atoms with van der Waals surface area (Å²) < 4.78 is 22.5. The van der Waals surface area contributed by atoms with Crippen LogP contribution in [0.2, 0.25) is 0 Å². The molecule has 0 amide bonds. The van der Waals surface area contributed by atoms with E-state index in [1.165, 1.54) is 14.0 Å². The summed E-state index contributed by atoms with van der Waals surface area (Å²) in [7, 11) is 1.39. The van der Waals surface area contributed by atoms with Crippen molar-refractivity contribution in [2.24, 2.45) is 0 Å². The maximum Gasteiger partial charge on any atom is 0.338 e. The maximum atomic E-state index is 12.7. The largest absolute Gasteiger partial charge is 0.451 e. The van der Waals surface area contributed by atoms with Crippen molar-refractivity contribution in [3.8, 4) is 0 Å². The summed E-state index contributed by atoms with van der Waals surface area (Å²) in [6.45, 7) is 3.07. The van der Waals surface area contributed by atoms with Gasteiger partial charge in [0, 0.05) is 7.11 Å². The number of methoxy groups -OCH3 is 1. The molecule has 7 nitrogen and oxygen atoms in total. The molecular weight excluding hydrogens is 376 g/mol. The van der Waals surface area contributed by atoms with Crippen LogP contribution in [-0.2, 0) is 18.9 Å². The lowest BCUT2D eigenvalue weighted by Crippen LogP contribution is -2.53. The first kappa shape index (κ1) is 21.0. The first-order valence-electron chi connectivity index (χ1n) is 9.27. The van der Waals surface area contributed by atoms with Gasteiger partial charge in [-0.25, -0.2) is 9.59 Å². The van der Waals surface area contributed by atoms with Crippen LogP contribution in [0.15, 0.2) is 60.7 Å². The van der Waals surface area contributed by atoms with Gasteiger partial charge in [-0.3, -0.25) is 0 Å². The van der Waals surface area contributed by atoms with E-state index in [1.807, 2.05) is 0 Å². The molecule has 29 heavy (non-hydrogen) atoms. The second kappa shape index (κ2) is 8.73. The first-order valence-corrected chi connectivity index (χ1v) is 9.27. The molecule has 0 aliphatic carbocycles. The molecule has 1 unspecified atom stereocenters. The van der Waals surface area contributed by atoms with Gasteiger partial charge in [0.05, 0.1) is 17.2 Å². The van der Waals surface area contributed by atoms with Crippen molar-refractivity contribution in [3.63, 3.8) is 0 Å². The fraction of sp³-hybridized carbons (Fsp3) is 0.364. The number of hydrogen-bond donors (Lipinski definition) is 1. The zero-order chi connectivity index (χ0) is 21.0. The molecule has 1 fully saturated rings. The zero-order valence-electron chi connectivity index (χ0n) is 16.5.